The summed E-state index contributed by atoms with van der Waals surface area (Å²) in [6, 6.07) is 13.1. The highest BCUT2D eigenvalue weighted by atomic mass is 19.4. The molecule has 47 heavy (non-hydrogen) atoms. The molecule has 0 saturated carbocycles. The van der Waals surface area contributed by atoms with Gasteiger partial charge in [0.2, 0.25) is 0 Å². The number of fused-ring (bicyclic) bond motifs is 3. The van der Waals surface area contributed by atoms with E-state index in [1.807, 2.05) is 5.32 Å². The molecule has 1 saturated heterocycles. The van der Waals surface area contributed by atoms with Gasteiger partial charge in [0, 0.05) is 17.7 Å². The van der Waals surface area contributed by atoms with Crippen molar-refractivity contribution in [3.63, 3.8) is 0 Å². The second-order valence-electron chi connectivity index (χ2n) is 11.2. The van der Waals surface area contributed by atoms with Crippen LogP contribution in [0.5, 0.6) is 0 Å². The molecule has 1 fully saturated rings. The molecular weight excluding hydrogens is 630 g/mol. The van der Waals surface area contributed by atoms with Crippen molar-refractivity contribution in [3.05, 3.63) is 106 Å². The predicted octanol–water partition coefficient (Wildman–Crippen LogP) is 6.87. The van der Waals surface area contributed by atoms with Crippen molar-refractivity contribution in [2.75, 3.05) is 11.9 Å². The summed E-state index contributed by atoms with van der Waals surface area (Å²) in [6.45, 7) is 0.534. The number of hydrogen-bond donors (Lipinski definition) is 2. The van der Waals surface area contributed by atoms with Crippen molar-refractivity contribution >= 4 is 23.4 Å². The zero-order chi connectivity index (χ0) is 33.5. The molecule has 0 unspecified atom stereocenters. The van der Waals surface area contributed by atoms with Crippen LogP contribution in [0, 0.1) is 0 Å². The third-order valence-corrected chi connectivity index (χ3v) is 8.21. The quantitative estimate of drug-likeness (QED) is 0.202. The monoisotopic (exact) mass is 656 g/mol. The van der Waals surface area contributed by atoms with Gasteiger partial charge in [-0.1, -0.05) is 24.3 Å². The van der Waals surface area contributed by atoms with Gasteiger partial charge >= 0.3 is 18.3 Å². The third-order valence-electron chi connectivity index (χ3n) is 8.21. The molecule has 2 N–H and O–H groups in total. The molecule has 4 heterocycles. The van der Waals surface area contributed by atoms with E-state index < -0.39 is 41.7 Å². The largest absolute Gasteiger partial charge is 0.471 e. The normalized spacial score (nSPS) is 15.8. The molecule has 6 rings (SSSR count). The molecule has 244 valence electrons. The van der Waals surface area contributed by atoms with Gasteiger partial charge in [-0.2, -0.15) is 26.3 Å². The molecule has 4 aromatic rings. The second-order valence-corrected chi connectivity index (χ2v) is 11.2. The van der Waals surface area contributed by atoms with E-state index in [9.17, 15) is 40.7 Å². The van der Waals surface area contributed by atoms with Crippen LogP contribution in [0.1, 0.15) is 67.9 Å². The standard InChI is InChI=1S/C33H26F6N4O4/c34-32(35,36)21-12-5-18(6-13-21)7-14-23-27(42-31(46)33(37,38)39)25(26-28(41-23)24-4-1-15-43(24)30(26)45)19-8-10-20(11-9-19)29(44)40-17-22-3-2-16-47-22/h2-3,5-6,8-13,16,24H,1,4,7,14-15,17H2,(H,40,44)(H,42,46)/t24-/m0/s1. The van der Waals surface area contributed by atoms with E-state index >= 15 is 0 Å². The molecule has 8 nitrogen and oxygen atoms in total. The molecule has 0 spiro atoms. The van der Waals surface area contributed by atoms with Gasteiger partial charge in [0.25, 0.3) is 11.8 Å². The lowest BCUT2D eigenvalue weighted by Gasteiger charge is -2.20. The van der Waals surface area contributed by atoms with Crippen molar-refractivity contribution in [1.82, 2.24) is 15.2 Å². The first-order chi connectivity index (χ1) is 22.3. The van der Waals surface area contributed by atoms with Crippen LogP contribution in [0.4, 0.5) is 32.0 Å². The minimum absolute atomic E-state index is 0.0250. The van der Waals surface area contributed by atoms with E-state index in [1.165, 1.54) is 42.7 Å². The number of carbonyl (C=O) groups excluding carboxylic acids is 3. The van der Waals surface area contributed by atoms with Crippen LogP contribution in [0.3, 0.4) is 0 Å². The molecular formula is C33H26F6N4O4. The SMILES string of the molecule is O=C(NCc1ccco1)c1ccc(-c2c(NC(=O)C(F)(F)F)c(CCc3ccc(C(F)(F)F)cc3)nc3c2C(=O)N2CCC[C@@H]32)cc1. The Morgan fingerprint density at radius 3 is 2.30 bits per heavy atom. The summed E-state index contributed by atoms with van der Waals surface area (Å²) >= 11 is 0. The Kier molecular flexibility index (Phi) is 8.28. The van der Waals surface area contributed by atoms with Crippen LogP contribution < -0.4 is 10.6 Å². The number of pyridine rings is 1. The molecule has 1 atom stereocenters. The summed E-state index contributed by atoms with van der Waals surface area (Å²) in [5.41, 5.74) is 0.234. The number of alkyl halides is 6. The number of benzene rings is 2. The van der Waals surface area contributed by atoms with E-state index in [0.29, 0.717) is 36.4 Å². The molecule has 2 aromatic carbocycles. The number of rotatable bonds is 8. The van der Waals surface area contributed by atoms with Crippen molar-refractivity contribution in [1.29, 1.82) is 0 Å². The van der Waals surface area contributed by atoms with Crippen molar-refractivity contribution in [2.45, 2.75) is 50.6 Å². The molecule has 2 aliphatic heterocycles. The average molecular weight is 657 g/mol. The van der Waals surface area contributed by atoms with Crippen molar-refractivity contribution < 1.29 is 45.1 Å². The Balaban J connectivity index is 1.41. The zero-order valence-corrected chi connectivity index (χ0v) is 24.5. The smallest absolute Gasteiger partial charge is 0.467 e. The van der Waals surface area contributed by atoms with E-state index in [4.69, 9.17) is 4.42 Å². The Bertz CT molecular complexity index is 1820. The minimum Gasteiger partial charge on any atom is -0.467 e. The summed E-state index contributed by atoms with van der Waals surface area (Å²) in [4.78, 5) is 45.0. The van der Waals surface area contributed by atoms with Crippen LogP contribution in [0.2, 0.25) is 0 Å². The molecule has 0 aliphatic carbocycles. The first kappa shape index (κ1) is 31.8. The van der Waals surface area contributed by atoms with Gasteiger partial charge in [-0.3, -0.25) is 19.4 Å². The maximum Gasteiger partial charge on any atom is 0.471 e. The lowest BCUT2D eigenvalue weighted by molar-refractivity contribution is -0.167. The van der Waals surface area contributed by atoms with E-state index in [0.717, 1.165) is 12.1 Å². The zero-order valence-electron chi connectivity index (χ0n) is 24.5. The van der Waals surface area contributed by atoms with Gasteiger partial charge in [-0.25, -0.2) is 0 Å². The number of nitrogens with one attached hydrogen (secondary N) is 2. The number of halogens is 6. The van der Waals surface area contributed by atoms with Gasteiger partial charge in [0.1, 0.15) is 5.76 Å². The van der Waals surface area contributed by atoms with Crippen LogP contribution in [0.15, 0.2) is 71.3 Å². The minimum atomic E-state index is -5.28. The first-order valence-corrected chi connectivity index (χ1v) is 14.6. The Hall–Kier alpha value is -5.14. The third kappa shape index (κ3) is 6.44. The Morgan fingerprint density at radius 2 is 1.66 bits per heavy atom. The fourth-order valence-corrected chi connectivity index (χ4v) is 5.93. The molecule has 2 aromatic heterocycles. The average Bonchev–Trinajstić information content (AvgIpc) is 3.79. The van der Waals surface area contributed by atoms with Gasteiger partial charge in [0.05, 0.1) is 47.1 Å². The van der Waals surface area contributed by atoms with Gasteiger partial charge in [-0.15, -0.1) is 0 Å². The lowest BCUT2D eigenvalue weighted by atomic mass is 9.92. The maximum absolute atomic E-state index is 13.7. The molecule has 0 radical (unpaired) electrons. The number of aryl methyl sites for hydroxylation is 2. The van der Waals surface area contributed by atoms with Crippen LogP contribution in [-0.2, 0) is 30.4 Å². The van der Waals surface area contributed by atoms with Crippen LogP contribution >= 0.6 is 0 Å². The maximum atomic E-state index is 13.7. The van der Waals surface area contributed by atoms with Gasteiger partial charge in [-0.05, 0) is 73.2 Å². The van der Waals surface area contributed by atoms with Crippen LogP contribution in [0.25, 0.3) is 11.1 Å². The van der Waals surface area contributed by atoms with Gasteiger partial charge < -0.3 is 20.0 Å². The fourth-order valence-electron chi connectivity index (χ4n) is 5.93. The van der Waals surface area contributed by atoms with Crippen molar-refractivity contribution in [3.8, 4) is 11.1 Å². The number of furan rings is 1. The number of carbonyl (C=O) groups is 3. The van der Waals surface area contributed by atoms with E-state index in [1.54, 1.807) is 17.0 Å². The summed E-state index contributed by atoms with van der Waals surface area (Å²) in [7, 11) is 0. The lowest BCUT2D eigenvalue weighted by Crippen LogP contribution is -2.31. The summed E-state index contributed by atoms with van der Waals surface area (Å²) < 4.78 is 85.2. The first-order valence-electron chi connectivity index (χ1n) is 14.6. The Morgan fingerprint density at radius 1 is 0.936 bits per heavy atom. The molecule has 14 heteroatoms. The number of amides is 3. The molecule has 2 aliphatic rings. The van der Waals surface area contributed by atoms with Gasteiger partial charge in [0.15, 0.2) is 0 Å². The highest BCUT2D eigenvalue weighted by Crippen LogP contribution is 2.47. The summed E-state index contributed by atoms with van der Waals surface area (Å²) in [5, 5.41) is 4.63. The molecule has 0 bridgehead atoms. The number of aromatic nitrogens is 1. The predicted molar refractivity (Wildman–Crippen MR) is 156 cm³/mol. The summed E-state index contributed by atoms with van der Waals surface area (Å²) in [5.74, 6) is -2.65. The highest BCUT2D eigenvalue weighted by Gasteiger charge is 2.45. The second kappa shape index (κ2) is 12.2. The topological polar surface area (TPSA) is 105 Å². The highest BCUT2D eigenvalue weighted by molar-refractivity contribution is 6.10. The number of anilines is 1. The fraction of sp³-hybridized carbons (Fsp3) is 0.273. The van der Waals surface area contributed by atoms with E-state index in [-0.39, 0.29) is 53.0 Å². The number of nitrogens with zero attached hydrogens (tertiary/aromatic N) is 2. The molecule has 3 amide bonds. The summed E-state index contributed by atoms with van der Waals surface area (Å²) in [6.07, 6.45) is -7.07. The van der Waals surface area contributed by atoms with Crippen molar-refractivity contribution in [2.24, 2.45) is 0 Å². The number of hydrogen-bond acceptors (Lipinski definition) is 5. The Labute approximate surface area is 263 Å². The van der Waals surface area contributed by atoms with Crippen LogP contribution in [-0.4, -0.2) is 40.3 Å². The van der Waals surface area contributed by atoms with E-state index in [2.05, 4.69) is 10.3 Å².